The van der Waals surface area contributed by atoms with E-state index in [9.17, 15) is 4.79 Å². The van der Waals surface area contributed by atoms with E-state index in [4.69, 9.17) is 10.2 Å². The summed E-state index contributed by atoms with van der Waals surface area (Å²) >= 11 is 0. The van der Waals surface area contributed by atoms with Crippen LogP contribution in [0.4, 0.5) is 0 Å². The lowest BCUT2D eigenvalue weighted by Gasteiger charge is -2.30. The number of hydrogen-bond donors (Lipinski definition) is 1. The maximum Gasteiger partial charge on any atom is 0.257 e. The first kappa shape index (κ1) is 12.8. The van der Waals surface area contributed by atoms with Crippen molar-refractivity contribution in [1.82, 2.24) is 4.90 Å². The molecular formula is C12H20N2O2. The molecule has 0 bridgehead atoms. The predicted molar refractivity (Wildman–Crippen MR) is 63.1 cm³/mol. The highest BCUT2D eigenvalue weighted by atomic mass is 16.3. The van der Waals surface area contributed by atoms with Crippen molar-refractivity contribution >= 4 is 5.91 Å². The fraction of sp³-hybridized carbons (Fsp3) is 0.583. The van der Waals surface area contributed by atoms with Gasteiger partial charge in [-0.05, 0) is 24.9 Å². The Morgan fingerprint density at radius 3 is 2.69 bits per heavy atom. The van der Waals surface area contributed by atoms with Crippen LogP contribution in [0, 0.1) is 5.41 Å². The monoisotopic (exact) mass is 224 g/mol. The minimum absolute atomic E-state index is 0.00206. The maximum absolute atomic E-state index is 12.1. The summed E-state index contributed by atoms with van der Waals surface area (Å²) in [6, 6.07) is 1.68. The second-order valence-corrected chi connectivity index (χ2v) is 4.70. The molecule has 1 heterocycles. The van der Waals surface area contributed by atoms with Gasteiger partial charge in [0.1, 0.15) is 6.26 Å². The molecule has 0 atom stereocenters. The minimum Gasteiger partial charge on any atom is -0.472 e. The number of rotatable bonds is 5. The van der Waals surface area contributed by atoms with Crippen LogP contribution in [0.2, 0.25) is 0 Å². The molecular weight excluding hydrogens is 204 g/mol. The molecule has 4 nitrogen and oxygen atoms in total. The van der Waals surface area contributed by atoms with E-state index in [2.05, 4.69) is 13.8 Å². The Bertz CT molecular complexity index is 331. The van der Waals surface area contributed by atoms with Gasteiger partial charge in [0.05, 0.1) is 11.8 Å². The van der Waals surface area contributed by atoms with E-state index in [1.165, 1.54) is 12.5 Å². The van der Waals surface area contributed by atoms with Gasteiger partial charge >= 0.3 is 0 Å². The highest BCUT2D eigenvalue weighted by Crippen LogP contribution is 2.16. The normalized spacial score (nSPS) is 11.5. The Balaban J connectivity index is 2.72. The van der Waals surface area contributed by atoms with Crippen molar-refractivity contribution in [2.75, 3.05) is 19.6 Å². The standard InChI is InChI=1S/C12H20N2O2/c1-4-14(9-12(2,3)8-13)11(15)10-5-6-16-7-10/h5-7H,4,8-9,13H2,1-3H3. The smallest absolute Gasteiger partial charge is 0.257 e. The Morgan fingerprint density at radius 1 is 1.56 bits per heavy atom. The lowest BCUT2D eigenvalue weighted by Crippen LogP contribution is -2.41. The first-order chi connectivity index (χ1) is 7.50. The lowest BCUT2D eigenvalue weighted by atomic mass is 9.93. The van der Waals surface area contributed by atoms with Crippen LogP contribution in [0.25, 0.3) is 0 Å². The third-order valence-electron chi connectivity index (χ3n) is 2.61. The summed E-state index contributed by atoms with van der Waals surface area (Å²) in [5.74, 6) is -0.00206. The van der Waals surface area contributed by atoms with Crippen LogP contribution in [0.15, 0.2) is 23.0 Å². The van der Waals surface area contributed by atoms with Gasteiger partial charge in [-0.3, -0.25) is 4.79 Å². The first-order valence-corrected chi connectivity index (χ1v) is 5.51. The predicted octanol–water partition coefficient (Wildman–Crippen LogP) is 1.73. The highest BCUT2D eigenvalue weighted by molar-refractivity contribution is 5.93. The summed E-state index contributed by atoms with van der Waals surface area (Å²) in [5.41, 5.74) is 6.20. The number of nitrogens with two attached hydrogens (primary N) is 1. The molecule has 1 aromatic heterocycles. The molecule has 0 unspecified atom stereocenters. The average Bonchev–Trinajstić information content (AvgIpc) is 2.78. The summed E-state index contributed by atoms with van der Waals surface area (Å²) in [4.78, 5) is 13.8. The Labute approximate surface area is 96.4 Å². The van der Waals surface area contributed by atoms with Crippen LogP contribution < -0.4 is 5.73 Å². The second kappa shape index (κ2) is 5.16. The maximum atomic E-state index is 12.1. The van der Waals surface area contributed by atoms with Gasteiger partial charge in [0.2, 0.25) is 0 Å². The number of nitrogens with zero attached hydrogens (tertiary/aromatic N) is 1. The van der Waals surface area contributed by atoms with Gasteiger partial charge in [0.25, 0.3) is 5.91 Å². The summed E-state index contributed by atoms with van der Waals surface area (Å²) in [7, 11) is 0. The van der Waals surface area contributed by atoms with Gasteiger partial charge in [-0.25, -0.2) is 0 Å². The molecule has 0 aliphatic carbocycles. The molecule has 0 fully saturated rings. The zero-order valence-electron chi connectivity index (χ0n) is 10.2. The quantitative estimate of drug-likeness (QED) is 0.828. The Morgan fingerprint density at radius 2 is 2.25 bits per heavy atom. The van der Waals surface area contributed by atoms with Crippen LogP contribution >= 0.6 is 0 Å². The van der Waals surface area contributed by atoms with Gasteiger partial charge in [0, 0.05) is 13.1 Å². The minimum atomic E-state index is -0.0601. The topological polar surface area (TPSA) is 59.5 Å². The molecule has 2 N–H and O–H groups in total. The second-order valence-electron chi connectivity index (χ2n) is 4.70. The van der Waals surface area contributed by atoms with Gasteiger partial charge < -0.3 is 15.1 Å². The van der Waals surface area contributed by atoms with Crippen LogP contribution in [0.3, 0.4) is 0 Å². The average molecular weight is 224 g/mol. The first-order valence-electron chi connectivity index (χ1n) is 5.51. The van der Waals surface area contributed by atoms with E-state index < -0.39 is 0 Å². The van der Waals surface area contributed by atoms with Crippen LogP contribution in [-0.2, 0) is 0 Å². The molecule has 1 aromatic rings. The van der Waals surface area contributed by atoms with E-state index in [1.54, 1.807) is 11.0 Å². The third-order valence-corrected chi connectivity index (χ3v) is 2.61. The van der Waals surface area contributed by atoms with E-state index in [0.717, 1.165) is 0 Å². The molecule has 0 saturated heterocycles. The van der Waals surface area contributed by atoms with Crippen molar-refractivity contribution in [3.05, 3.63) is 24.2 Å². The molecule has 16 heavy (non-hydrogen) atoms. The molecule has 90 valence electrons. The number of furan rings is 1. The van der Waals surface area contributed by atoms with Gasteiger partial charge in [-0.2, -0.15) is 0 Å². The Kier molecular flexibility index (Phi) is 4.12. The zero-order valence-corrected chi connectivity index (χ0v) is 10.2. The Hall–Kier alpha value is -1.29. The molecule has 0 aliphatic rings. The number of hydrogen-bond acceptors (Lipinski definition) is 3. The van der Waals surface area contributed by atoms with Crippen LogP contribution in [0.1, 0.15) is 31.1 Å². The molecule has 0 aliphatic heterocycles. The highest BCUT2D eigenvalue weighted by Gasteiger charge is 2.23. The van der Waals surface area contributed by atoms with Crippen molar-refractivity contribution in [1.29, 1.82) is 0 Å². The van der Waals surface area contributed by atoms with Gasteiger partial charge in [-0.1, -0.05) is 13.8 Å². The van der Waals surface area contributed by atoms with E-state index in [1.807, 2.05) is 6.92 Å². The molecule has 0 aromatic carbocycles. The van der Waals surface area contributed by atoms with Gasteiger partial charge in [-0.15, -0.1) is 0 Å². The summed E-state index contributed by atoms with van der Waals surface area (Å²) in [6.45, 7) is 7.96. The van der Waals surface area contributed by atoms with E-state index >= 15 is 0 Å². The van der Waals surface area contributed by atoms with Crippen molar-refractivity contribution < 1.29 is 9.21 Å². The largest absolute Gasteiger partial charge is 0.472 e. The molecule has 4 heteroatoms. The SMILES string of the molecule is CCN(CC(C)(C)CN)C(=O)c1ccoc1. The zero-order chi connectivity index (χ0) is 12.2. The third kappa shape index (κ3) is 3.10. The van der Waals surface area contributed by atoms with Crippen LogP contribution in [0.5, 0.6) is 0 Å². The van der Waals surface area contributed by atoms with Crippen molar-refractivity contribution in [3.8, 4) is 0 Å². The molecule has 0 spiro atoms. The lowest BCUT2D eigenvalue weighted by molar-refractivity contribution is 0.0700. The molecule has 1 amide bonds. The molecule has 0 radical (unpaired) electrons. The summed E-state index contributed by atoms with van der Waals surface area (Å²) in [5, 5.41) is 0. The van der Waals surface area contributed by atoms with Crippen molar-refractivity contribution in [2.45, 2.75) is 20.8 Å². The fourth-order valence-electron chi connectivity index (χ4n) is 1.48. The van der Waals surface area contributed by atoms with Gasteiger partial charge in [0.15, 0.2) is 0 Å². The van der Waals surface area contributed by atoms with E-state index in [0.29, 0.717) is 25.2 Å². The van der Waals surface area contributed by atoms with E-state index in [-0.39, 0.29) is 11.3 Å². The van der Waals surface area contributed by atoms with Crippen LogP contribution in [-0.4, -0.2) is 30.4 Å². The van der Waals surface area contributed by atoms with Crippen molar-refractivity contribution in [3.63, 3.8) is 0 Å². The fourth-order valence-corrected chi connectivity index (χ4v) is 1.48. The number of amides is 1. The summed E-state index contributed by atoms with van der Waals surface area (Å²) < 4.78 is 4.91. The molecule has 1 rings (SSSR count). The number of carbonyl (C=O) groups is 1. The summed E-state index contributed by atoms with van der Waals surface area (Å²) in [6.07, 6.45) is 2.98. The molecule has 0 saturated carbocycles. The number of carbonyl (C=O) groups excluding carboxylic acids is 1. The van der Waals surface area contributed by atoms with Crippen molar-refractivity contribution in [2.24, 2.45) is 11.1 Å².